The molecule has 5 aromatic rings. The Hall–Kier alpha value is -5.29. The van der Waals surface area contributed by atoms with Crippen LogP contribution < -0.4 is 31.4 Å². The maximum atomic E-state index is 15.4. The van der Waals surface area contributed by atoms with E-state index in [1.54, 1.807) is 29.5 Å². The second kappa shape index (κ2) is 15.8. The highest BCUT2D eigenvalue weighted by atomic mass is 35.5. The number of alkyl halides is 1. The van der Waals surface area contributed by atoms with Crippen LogP contribution in [0.3, 0.4) is 0 Å². The number of aromatic nitrogens is 2. The molecule has 0 amide bonds. The molecule has 0 spiro atoms. The van der Waals surface area contributed by atoms with Crippen molar-refractivity contribution >= 4 is 39.6 Å². The molecule has 25 heteroatoms. The summed E-state index contributed by atoms with van der Waals surface area (Å²) < 4.78 is 296. The largest absolute Gasteiger partial charge is 0.270 e. The van der Waals surface area contributed by atoms with Gasteiger partial charge in [0.05, 0.1) is 18.3 Å². The molecule has 294 valence electrons. The van der Waals surface area contributed by atoms with Crippen LogP contribution in [0.25, 0.3) is 0 Å². The van der Waals surface area contributed by atoms with Gasteiger partial charge in [0.1, 0.15) is 52.7 Å². The van der Waals surface area contributed by atoms with Gasteiger partial charge in [0, 0.05) is 4.73 Å². The molecule has 5 rings (SSSR count). The third-order valence-electron chi connectivity index (χ3n) is 7.62. The van der Waals surface area contributed by atoms with Gasteiger partial charge in [-0.3, -0.25) is 9.82 Å². The summed E-state index contributed by atoms with van der Waals surface area (Å²) in [5.74, 6) is -70.9. The molecule has 0 saturated carbocycles. The van der Waals surface area contributed by atoms with Gasteiger partial charge < -0.3 is 0 Å². The highest BCUT2D eigenvalue weighted by Gasteiger charge is 2.52. The fourth-order valence-corrected chi connectivity index (χ4v) is 5.48. The maximum Gasteiger partial charge on any atom is 0.240 e. The zero-order valence-electron chi connectivity index (χ0n) is 25.5. The second-order valence-electron chi connectivity index (χ2n) is 10.4. The summed E-state index contributed by atoms with van der Waals surface area (Å²) >= 11 is 5.40. The van der Waals surface area contributed by atoms with E-state index in [0.717, 1.165) is 0 Å². The SMILES string of the molecule is ClCCO[n+]1ccncc1.Fc1c(F)c(F)c([B-](c2c(F)c(F)c(F)c(F)c2F)(c2c(F)c(F)c(F)c(F)c2F)c2c(F)c(F)c(F)c(F)c2F)c(F)c1F. The first kappa shape index (κ1) is 42.5. The van der Waals surface area contributed by atoms with Crippen molar-refractivity contribution in [3.05, 3.63) is 141 Å². The van der Waals surface area contributed by atoms with Gasteiger partial charge in [-0.25, -0.2) is 87.8 Å². The lowest BCUT2D eigenvalue weighted by Gasteiger charge is -2.44. The first-order chi connectivity index (χ1) is 25.6. The number of benzene rings is 4. The average molecular weight is 839 g/mol. The van der Waals surface area contributed by atoms with Gasteiger partial charge >= 0.3 is 0 Å². The van der Waals surface area contributed by atoms with Crippen molar-refractivity contribution < 1.29 is 97.4 Å². The molecule has 0 aliphatic carbocycles. The van der Waals surface area contributed by atoms with Crippen LogP contribution in [0.5, 0.6) is 0 Å². The van der Waals surface area contributed by atoms with E-state index in [0.29, 0.717) is 12.5 Å². The van der Waals surface area contributed by atoms with Crippen LogP contribution >= 0.6 is 11.6 Å². The Kier molecular flexibility index (Phi) is 12.2. The van der Waals surface area contributed by atoms with Crippen LogP contribution in [0.2, 0.25) is 0 Å². The minimum absolute atomic E-state index is 0.495. The predicted molar refractivity (Wildman–Crippen MR) is 146 cm³/mol. The number of rotatable bonds is 7. The summed E-state index contributed by atoms with van der Waals surface area (Å²) in [6, 6.07) is 0. The molecule has 3 nitrogen and oxygen atoms in total. The van der Waals surface area contributed by atoms with Crippen LogP contribution in [-0.4, -0.2) is 23.6 Å². The fraction of sp³-hybridized carbons (Fsp3) is 0.0667. The number of hydrogen-bond acceptors (Lipinski definition) is 2. The van der Waals surface area contributed by atoms with E-state index in [-0.39, 0.29) is 0 Å². The first-order valence-electron chi connectivity index (χ1n) is 13.9. The molecule has 0 radical (unpaired) electrons. The van der Waals surface area contributed by atoms with Crippen LogP contribution in [0.4, 0.5) is 87.8 Å². The van der Waals surface area contributed by atoms with E-state index >= 15 is 35.1 Å². The van der Waals surface area contributed by atoms with Crippen molar-refractivity contribution in [2.45, 2.75) is 0 Å². The highest BCUT2D eigenvalue weighted by Crippen LogP contribution is 2.30. The van der Waals surface area contributed by atoms with E-state index in [2.05, 4.69) is 4.98 Å². The van der Waals surface area contributed by atoms with Crippen LogP contribution in [0, 0.1) is 116 Å². The summed E-state index contributed by atoms with van der Waals surface area (Å²) in [6.07, 6.45) is -0.493. The van der Waals surface area contributed by atoms with Crippen LogP contribution in [-0.2, 0) is 0 Å². The summed E-state index contributed by atoms with van der Waals surface area (Å²) in [6.45, 7) is 0.510. The van der Waals surface area contributed by atoms with Crippen molar-refractivity contribution in [1.82, 2.24) is 4.98 Å². The van der Waals surface area contributed by atoms with Gasteiger partial charge in [-0.2, -0.15) is 0 Å². The van der Waals surface area contributed by atoms with Crippen molar-refractivity contribution in [3.63, 3.8) is 0 Å². The minimum atomic E-state index is -7.22. The van der Waals surface area contributed by atoms with Crippen molar-refractivity contribution in [2.75, 3.05) is 12.5 Å². The third-order valence-corrected chi connectivity index (χ3v) is 7.78. The van der Waals surface area contributed by atoms with Crippen molar-refractivity contribution in [3.8, 4) is 0 Å². The Morgan fingerprint density at radius 1 is 0.382 bits per heavy atom. The first-order valence-corrected chi connectivity index (χ1v) is 14.4. The predicted octanol–water partition coefficient (Wildman–Crippen LogP) is 5.88. The summed E-state index contributed by atoms with van der Waals surface area (Å²) in [5, 5.41) is 0. The lowest BCUT2D eigenvalue weighted by Crippen LogP contribution is -2.81. The molecular formula is C30H8BClF20N2O. The van der Waals surface area contributed by atoms with Gasteiger partial charge in [0.15, 0.2) is 76.4 Å². The standard InChI is InChI=1S/C24BF20.C6H8ClN2O/c26-5-1(6(27)14(35)21(42)13(5)34)25(2-7(28)15(36)22(43)16(37)8(2)29,3-9(30)17(38)23(44)18(39)10(3)31)4-11(32)19(40)24(45)20(41)12(4)33;7-1-6-10-9-4-2-8-3-5-9/h;2-5H,1,6H2/q-1;+1. The van der Waals surface area contributed by atoms with E-state index in [1.165, 1.54) is 0 Å². The van der Waals surface area contributed by atoms with E-state index in [9.17, 15) is 52.7 Å². The lowest BCUT2D eigenvalue weighted by atomic mass is 9.12. The molecule has 0 unspecified atom stereocenters. The summed E-state index contributed by atoms with van der Waals surface area (Å²) in [4.78, 5) is 8.92. The van der Waals surface area contributed by atoms with Gasteiger partial charge in [-0.15, -0.1) is 33.5 Å². The molecule has 4 aromatic carbocycles. The average Bonchev–Trinajstić information content (AvgIpc) is 3.17. The number of hydrogen-bond donors (Lipinski definition) is 0. The summed E-state index contributed by atoms with van der Waals surface area (Å²) in [7, 11) is 0. The van der Waals surface area contributed by atoms with Crippen molar-refractivity contribution in [1.29, 1.82) is 0 Å². The smallest absolute Gasteiger partial charge is 0.240 e. The second-order valence-corrected chi connectivity index (χ2v) is 10.8. The topological polar surface area (TPSA) is 26.0 Å². The fourth-order valence-electron chi connectivity index (χ4n) is 5.41. The maximum absolute atomic E-state index is 15.4. The highest BCUT2D eigenvalue weighted by molar-refractivity contribution is 7.20. The number of halogens is 21. The molecule has 0 fully saturated rings. The quantitative estimate of drug-likeness (QED) is 0.0512. The zero-order valence-corrected chi connectivity index (χ0v) is 26.3. The Bertz CT molecular complexity index is 1950. The van der Waals surface area contributed by atoms with Gasteiger partial charge in [0.2, 0.25) is 12.4 Å². The molecule has 1 aromatic heterocycles. The Morgan fingerprint density at radius 3 is 0.782 bits per heavy atom. The van der Waals surface area contributed by atoms with Gasteiger partial charge in [-0.05, 0) is 0 Å². The van der Waals surface area contributed by atoms with Gasteiger partial charge in [-0.1, -0.05) is 0 Å². The Morgan fingerprint density at radius 2 is 0.582 bits per heavy atom. The zero-order chi connectivity index (χ0) is 41.6. The normalized spacial score (nSPS) is 11.5. The molecule has 0 bridgehead atoms. The molecule has 0 aliphatic heterocycles. The molecule has 55 heavy (non-hydrogen) atoms. The Labute approximate surface area is 295 Å². The number of nitrogens with zero attached hydrogens (tertiary/aromatic N) is 2. The monoisotopic (exact) mass is 838 g/mol. The molecule has 0 saturated heterocycles. The Balaban J connectivity index is 0.000000583. The van der Waals surface area contributed by atoms with Crippen LogP contribution in [0.15, 0.2) is 24.8 Å². The minimum Gasteiger partial charge on any atom is -0.270 e. The molecule has 0 N–H and O–H groups in total. The molecule has 0 atom stereocenters. The van der Waals surface area contributed by atoms with Gasteiger partial charge in [0.25, 0.3) is 0 Å². The van der Waals surface area contributed by atoms with Crippen LogP contribution in [0.1, 0.15) is 0 Å². The molecular weight excluding hydrogens is 831 g/mol. The van der Waals surface area contributed by atoms with Crippen molar-refractivity contribution in [2.24, 2.45) is 0 Å². The lowest BCUT2D eigenvalue weighted by molar-refractivity contribution is -0.891. The molecule has 0 aliphatic rings. The molecule has 1 heterocycles. The summed E-state index contributed by atoms with van der Waals surface area (Å²) in [5.41, 5.74) is -14.3. The third kappa shape index (κ3) is 6.62. The van der Waals surface area contributed by atoms with E-state index in [1.807, 2.05) is 0 Å². The van der Waals surface area contributed by atoms with E-state index in [4.69, 9.17) is 16.4 Å². The van der Waals surface area contributed by atoms with E-state index < -0.39 is 144 Å².